The molecule has 7 heteroatoms. The van der Waals surface area contributed by atoms with Crippen LogP contribution in [0.25, 0.3) is 0 Å². The van der Waals surface area contributed by atoms with E-state index in [-0.39, 0.29) is 6.16 Å². The van der Waals surface area contributed by atoms with Crippen LogP contribution in [0.15, 0.2) is 18.2 Å². The maximum Gasteiger partial charge on any atom is 0.329 e. The van der Waals surface area contributed by atoms with Gasteiger partial charge >= 0.3 is 13.6 Å². The second kappa shape index (κ2) is 4.82. The highest BCUT2D eigenvalue weighted by Crippen LogP contribution is 2.39. The van der Waals surface area contributed by atoms with Crippen molar-refractivity contribution in [2.45, 2.75) is 25.2 Å². The number of aliphatic carboxylic acids is 1. The molecule has 1 heterocycles. The Balaban J connectivity index is 2.23. The number of benzene rings is 1. The topological polar surface area (TPSA) is 107 Å². The average Bonchev–Trinajstić information content (AvgIpc) is 2.25. The minimum Gasteiger partial charge on any atom is -0.480 e. The molecule has 0 radical (unpaired) electrons. The van der Waals surface area contributed by atoms with E-state index in [2.05, 4.69) is 5.32 Å². The summed E-state index contributed by atoms with van der Waals surface area (Å²) < 4.78 is 10.9. The Morgan fingerprint density at radius 3 is 2.72 bits per heavy atom. The van der Waals surface area contributed by atoms with Crippen molar-refractivity contribution in [3.8, 4) is 0 Å². The number of hydrogen-bond acceptors (Lipinski definition) is 3. The largest absolute Gasteiger partial charge is 0.480 e. The lowest BCUT2D eigenvalue weighted by Crippen LogP contribution is -2.41. The molecule has 1 aliphatic rings. The van der Waals surface area contributed by atoms with Gasteiger partial charge in [-0.3, -0.25) is 9.36 Å². The number of carboxylic acids is 1. The fraction of sp³-hybridized carbons (Fsp3) is 0.364. The first-order valence-corrected chi connectivity index (χ1v) is 7.26. The Bertz CT molecular complexity index is 524. The summed E-state index contributed by atoms with van der Waals surface area (Å²) in [6.07, 6.45) is 0.0190. The number of nitrogens with one attached hydrogen (secondary N) is 1. The SMILES string of the molecule is O=C(O)[C@H]1Cc2cc(CP(=O)(O)O)ccc2CN1. The Kier molecular flexibility index (Phi) is 3.54. The second-order valence-corrected chi connectivity index (χ2v) is 6.05. The van der Waals surface area contributed by atoms with Gasteiger partial charge in [-0.05, 0) is 23.1 Å². The van der Waals surface area contributed by atoms with Gasteiger partial charge in [0.05, 0.1) is 6.16 Å². The molecule has 0 spiro atoms. The summed E-state index contributed by atoms with van der Waals surface area (Å²) in [5, 5.41) is 11.8. The van der Waals surface area contributed by atoms with Gasteiger partial charge in [-0.25, -0.2) is 0 Å². The lowest BCUT2D eigenvalue weighted by atomic mass is 9.94. The summed E-state index contributed by atoms with van der Waals surface area (Å²) in [6.45, 7) is 0.461. The van der Waals surface area contributed by atoms with Crippen LogP contribution in [0.5, 0.6) is 0 Å². The zero-order chi connectivity index (χ0) is 13.3. The van der Waals surface area contributed by atoms with E-state index in [0.717, 1.165) is 11.1 Å². The van der Waals surface area contributed by atoms with E-state index in [9.17, 15) is 9.36 Å². The van der Waals surface area contributed by atoms with Crippen molar-refractivity contribution in [3.63, 3.8) is 0 Å². The van der Waals surface area contributed by atoms with Crippen LogP contribution < -0.4 is 5.32 Å². The summed E-state index contributed by atoms with van der Waals surface area (Å²) in [5.74, 6) is -0.916. The summed E-state index contributed by atoms with van der Waals surface area (Å²) in [7, 11) is -4.09. The van der Waals surface area contributed by atoms with Gasteiger partial charge in [-0.1, -0.05) is 18.2 Å². The summed E-state index contributed by atoms with van der Waals surface area (Å²) >= 11 is 0. The van der Waals surface area contributed by atoms with Crippen LogP contribution in [0, 0.1) is 0 Å². The minimum absolute atomic E-state index is 0.314. The third-order valence-corrected chi connectivity index (χ3v) is 3.70. The lowest BCUT2D eigenvalue weighted by Gasteiger charge is -2.23. The normalized spacial score (nSPS) is 19.3. The predicted molar refractivity (Wildman–Crippen MR) is 64.2 cm³/mol. The van der Waals surface area contributed by atoms with Crippen LogP contribution in [0.1, 0.15) is 16.7 Å². The van der Waals surface area contributed by atoms with Crippen molar-refractivity contribution in [2.24, 2.45) is 0 Å². The quantitative estimate of drug-likeness (QED) is 0.595. The molecule has 1 atom stereocenters. The zero-order valence-electron chi connectivity index (χ0n) is 9.54. The lowest BCUT2D eigenvalue weighted by molar-refractivity contribution is -0.139. The number of rotatable bonds is 3. The first-order chi connectivity index (χ1) is 8.35. The van der Waals surface area contributed by atoms with Crippen molar-refractivity contribution < 1.29 is 24.3 Å². The van der Waals surface area contributed by atoms with Crippen molar-refractivity contribution in [3.05, 3.63) is 34.9 Å². The maximum absolute atomic E-state index is 10.9. The minimum atomic E-state index is -4.09. The molecule has 6 nitrogen and oxygen atoms in total. The Morgan fingerprint density at radius 2 is 2.11 bits per heavy atom. The molecule has 0 unspecified atom stereocenters. The molecule has 18 heavy (non-hydrogen) atoms. The second-order valence-electron chi connectivity index (χ2n) is 4.40. The van der Waals surface area contributed by atoms with Gasteiger partial charge < -0.3 is 20.2 Å². The standard InChI is InChI=1S/C11H14NO5P/c13-11(14)10-4-9-3-7(6-18(15,16)17)1-2-8(9)5-12-10/h1-3,10,12H,4-6H2,(H,13,14)(H2,15,16,17)/t10-/m1/s1. The summed E-state index contributed by atoms with van der Waals surface area (Å²) in [5.41, 5.74) is 2.35. The van der Waals surface area contributed by atoms with E-state index in [1.165, 1.54) is 0 Å². The molecule has 1 aliphatic heterocycles. The Labute approximate surface area is 104 Å². The fourth-order valence-electron chi connectivity index (χ4n) is 2.08. The molecule has 98 valence electrons. The first kappa shape index (κ1) is 13.2. The van der Waals surface area contributed by atoms with Crippen LogP contribution in [0.3, 0.4) is 0 Å². The van der Waals surface area contributed by atoms with Crippen molar-refractivity contribution >= 4 is 13.6 Å². The molecule has 0 fully saturated rings. The molecule has 0 amide bonds. The molecule has 0 bridgehead atoms. The van der Waals surface area contributed by atoms with E-state index in [1.54, 1.807) is 18.2 Å². The molecule has 0 saturated carbocycles. The van der Waals surface area contributed by atoms with Crippen molar-refractivity contribution in [1.29, 1.82) is 0 Å². The van der Waals surface area contributed by atoms with Gasteiger partial charge in [0.25, 0.3) is 0 Å². The van der Waals surface area contributed by atoms with E-state index in [4.69, 9.17) is 14.9 Å². The van der Waals surface area contributed by atoms with Crippen LogP contribution in [-0.4, -0.2) is 26.9 Å². The molecule has 0 aromatic heterocycles. The number of hydrogen-bond donors (Lipinski definition) is 4. The third-order valence-electron chi connectivity index (χ3n) is 2.92. The van der Waals surface area contributed by atoms with E-state index < -0.39 is 19.6 Å². The van der Waals surface area contributed by atoms with E-state index >= 15 is 0 Å². The molecule has 1 aromatic carbocycles. The fourth-order valence-corrected chi connectivity index (χ4v) is 2.75. The molecule has 2 rings (SSSR count). The molecule has 4 N–H and O–H groups in total. The van der Waals surface area contributed by atoms with Gasteiger partial charge in [0.15, 0.2) is 0 Å². The van der Waals surface area contributed by atoms with Crippen LogP contribution in [0.4, 0.5) is 0 Å². The van der Waals surface area contributed by atoms with Gasteiger partial charge in [-0.2, -0.15) is 0 Å². The highest BCUT2D eigenvalue weighted by atomic mass is 31.2. The van der Waals surface area contributed by atoms with Crippen molar-refractivity contribution in [2.75, 3.05) is 0 Å². The Hall–Kier alpha value is -1.20. The van der Waals surface area contributed by atoms with E-state index in [0.29, 0.717) is 18.5 Å². The summed E-state index contributed by atoms with van der Waals surface area (Å²) in [6, 6.07) is 4.50. The van der Waals surface area contributed by atoms with Gasteiger partial charge in [0.2, 0.25) is 0 Å². The Morgan fingerprint density at radius 1 is 1.39 bits per heavy atom. The van der Waals surface area contributed by atoms with Crippen LogP contribution >= 0.6 is 7.60 Å². The summed E-state index contributed by atoms with van der Waals surface area (Å²) in [4.78, 5) is 28.7. The molecule has 0 aliphatic carbocycles. The highest BCUT2D eigenvalue weighted by Gasteiger charge is 2.24. The molecular formula is C11H14NO5P. The molecule has 0 saturated heterocycles. The first-order valence-electron chi connectivity index (χ1n) is 5.46. The van der Waals surface area contributed by atoms with E-state index in [1.807, 2.05) is 0 Å². The number of carboxylic acid groups (broad SMARTS) is 1. The monoisotopic (exact) mass is 271 g/mol. The van der Waals surface area contributed by atoms with Crippen LogP contribution in [-0.2, 0) is 28.5 Å². The predicted octanol–water partition coefficient (Wildman–Crippen LogP) is 0.463. The number of carbonyl (C=O) groups is 1. The van der Waals surface area contributed by atoms with Crippen molar-refractivity contribution in [1.82, 2.24) is 5.32 Å². The third kappa shape index (κ3) is 3.17. The van der Waals surface area contributed by atoms with Crippen LogP contribution in [0.2, 0.25) is 0 Å². The highest BCUT2D eigenvalue weighted by molar-refractivity contribution is 7.50. The molecular weight excluding hydrogens is 257 g/mol. The average molecular weight is 271 g/mol. The zero-order valence-corrected chi connectivity index (χ0v) is 10.4. The number of fused-ring (bicyclic) bond motifs is 1. The van der Waals surface area contributed by atoms with Gasteiger partial charge in [0, 0.05) is 6.54 Å². The van der Waals surface area contributed by atoms with Gasteiger partial charge in [-0.15, -0.1) is 0 Å². The van der Waals surface area contributed by atoms with Gasteiger partial charge in [0.1, 0.15) is 6.04 Å². The molecule has 1 aromatic rings. The smallest absolute Gasteiger partial charge is 0.329 e. The maximum atomic E-state index is 10.9.